The number of phenolic OH excluding ortho intramolecular Hbond substituents is 1. The third-order valence-corrected chi connectivity index (χ3v) is 6.53. The van der Waals surface area contributed by atoms with Crippen molar-refractivity contribution in [1.29, 1.82) is 0 Å². The highest BCUT2D eigenvalue weighted by Crippen LogP contribution is 2.27. The molecule has 3 aromatic rings. The number of para-hydroxylation sites is 1. The molecule has 0 spiro atoms. The van der Waals surface area contributed by atoms with Crippen LogP contribution in [0.4, 0.5) is 23.5 Å². The van der Waals surface area contributed by atoms with Crippen molar-refractivity contribution in [3.05, 3.63) is 54.1 Å². The van der Waals surface area contributed by atoms with Gasteiger partial charge in [0.05, 0.1) is 0 Å². The molecule has 0 bridgehead atoms. The zero-order valence-electron chi connectivity index (χ0n) is 20.8. The van der Waals surface area contributed by atoms with Crippen LogP contribution < -0.4 is 42.8 Å². The predicted octanol–water partition coefficient (Wildman–Crippen LogP) is -0.121. The van der Waals surface area contributed by atoms with Gasteiger partial charge in [0.2, 0.25) is 17.8 Å². The van der Waals surface area contributed by atoms with Gasteiger partial charge >= 0.3 is 5.97 Å². The second-order valence-electron chi connectivity index (χ2n) is 9.71. The van der Waals surface area contributed by atoms with E-state index >= 15 is 0 Å². The monoisotopic (exact) mass is 520 g/mol. The molecular weight excluding hydrogens is 488 g/mol. The third kappa shape index (κ3) is 5.75. The average molecular weight is 521 g/mol. The van der Waals surface area contributed by atoms with Crippen molar-refractivity contribution in [1.82, 2.24) is 15.0 Å². The lowest BCUT2D eigenvalue weighted by atomic mass is 10.0. The molecule has 0 unspecified atom stereocenters. The summed E-state index contributed by atoms with van der Waals surface area (Å²) in [5.41, 5.74) is 25.1. The van der Waals surface area contributed by atoms with E-state index < -0.39 is 5.97 Å². The molecule has 13 heteroatoms. The molecule has 2 aromatic carbocycles. The molecular formula is C25H32N10O3. The van der Waals surface area contributed by atoms with Gasteiger partial charge in [0.15, 0.2) is 0 Å². The lowest BCUT2D eigenvalue weighted by Gasteiger charge is -2.35. The second-order valence-corrected chi connectivity index (χ2v) is 9.71. The van der Waals surface area contributed by atoms with E-state index in [4.69, 9.17) is 27.7 Å². The Morgan fingerprint density at radius 3 is 2.08 bits per heavy atom. The van der Waals surface area contributed by atoms with Crippen molar-refractivity contribution in [2.75, 3.05) is 41.3 Å². The van der Waals surface area contributed by atoms with Crippen LogP contribution in [0.2, 0.25) is 0 Å². The fraction of sp³-hybridized carbons (Fsp3) is 0.360. The maximum atomic E-state index is 12.5. The fourth-order valence-electron chi connectivity index (χ4n) is 4.61. The summed E-state index contributed by atoms with van der Waals surface area (Å²) in [4.78, 5) is 30.2. The van der Waals surface area contributed by atoms with Gasteiger partial charge in [0.25, 0.3) is 0 Å². The molecule has 200 valence electrons. The molecule has 2 fully saturated rings. The number of hydrogen-bond acceptors (Lipinski definition) is 13. The van der Waals surface area contributed by atoms with Gasteiger partial charge in [-0.25, -0.2) is 4.79 Å². The minimum absolute atomic E-state index is 0.0211. The van der Waals surface area contributed by atoms with Crippen LogP contribution in [0.15, 0.2) is 48.5 Å². The van der Waals surface area contributed by atoms with Crippen molar-refractivity contribution < 1.29 is 14.6 Å². The van der Waals surface area contributed by atoms with E-state index in [1.165, 1.54) is 12.1 Å². The molecule has 0 amide bonds. The van der Waals surface area contributed by atoms with Crippen molar-refractivity contribution >= 4 is 29.5 Å². The lowest BCUT2D eigenvalue weighted by molar-refractivity contribution is 0.0731. The first-order valence-corrected chi connectivity index (χ1v) is 12.4. The molecule has 2 aliphatic heterocycles. The molecule has 0 aliphatic carbocycles. The summed E-state index contributed by atoms with van der Waals surface area (Å²) in [6.07, 6.45) is 0.716. The number of phenols is 1. The molecule has 5 rings (SSSR count). The van der Waals surface area contributed by atoms with Crippen LogP contribution >= 0.6 is 0 Å². The van der Waals surface area contributed by atoms with Gasteiger partial charge < -0.3 is 47.9 Å². The number of ether oxygens (including phenoxy) is 1. The number of aromatic nitrogens is 3. The molecule has 10 N–H and O–H groups in total. The molecule has 3 heterocycles. The summed E-state index contributed by atoms with van der Waals surface area (Å²) in [6, 6.07) is 12.5. The van der Waals surface area contributed by atoms with Crippen LogP contribution in [-0.2, 0) is 0 Å². The Balaban J connectivity index is 1.40. The Morgan fingerprint density at radius 1 is 0.868 bits per heavy atom. The number of hydrogen-bond donors (Lipinski definition) is 6. The fourth-order valence-corrected chi connectivity index (χ4v) is 4.61. The van der Waals surface area contributed by atoms with E-state index in [9.17, 15) is 9.90 Å². The Kier molecular flexibility index (Phi) is 7.24. The largest absolute Gasteiger partial charge is 0.507 e. The van der Waals surface area contributed by atoms with Crippen molar-refractivity contribution in [2.24, 2.45) is 22.9 Å². The summed E-state index contributed by atoms with van der Waals surface area (Å²) < 4.78 is 5.33. The number of nitrogens with one attached hydrogen (secondary N) is 1. The van der Waals surface area contributed by atoms with E-state index in [1.54, 1.807) is 30.3 Å². The first kappa shape index (κ1) is 25.6. The van der Waals surface area contributed by atoms with Crippen LogP contribution in [-0.4, -0.2) is 76.4 Å². The number of aromatic hydroxyl groups is 1. The third-order valence-electron chi connectivity index (χ3n) is 6.53. The Morgan fingerprint density at radius 2 is 1.47 bits per heavy atom. The van der Waals surface area contributed by atoms with Gasteiger partial charge in [-0.1, -0.05) is 18.2 Å². The summed E-state index contributed by atoms with van der Waals surface area (Å²) in [6.45, 7) is 2.10. The standard InChI is InChI=1S/C25H32N10O3/c26-14-8-15(27)11-34(10-14)24-31-23(32-25(33-24)35-12-19(28)20(29)13-35)30-16-6-7-18(21(36)9-16)22(37)38-17-4-2-1-3-5-17/h1-7,9,14-15,19-20,36H,8,10-13,26-29H2,(H,30,31,32,33)/t14-,15+,19-,20+. The van der Waals surface area contributed by atoms with Gasteiger partial charge in [0.1, 0.15) is 17.1 Å². The minimum Gasteiger partial charge on any atom is -0.507 e. The number of nitrogens with zero attached hydrogens (tertiary/aromatic N) is 5. The van der Waals surface area contributed by atoms with Crippen molar-refractivity contribution in [3.8, 4) is 11.5 Å². The molecule has 4 atom stereocenters. The highest BCUT2D eigenvalue weighted by molar-refractivity contribution is 5.94. The summed E-state index contributed by atoms with van der Waals surface area (Å²) in [5.74, 6) is 0.526. The van der Waals surface area contributed by atoms with Gasteiger partial charge in [-0.05, 0) is 30.7 Å². The molecule has 2 saturated heterocycles. The SMILES string of the molecule is N[C@@H]1C[C@H](N)CN(c2nc(Nc3ccc(C(=O)Oc4ccccc4)c(O)c3)nc(N3C[C@@H](N)[C@@H](N)C3)n2)C1. The second kappa shape index (κ2) is 10.8. The number of rotatable bonds is 6. The molecule has 38 heavy (non-hydrogen) atoms. The number of piperidine rings is 1. The van der Waals surface area contributed by atoms with Crippen LogP contribution in [0.5, 0.6) is 11.5 Å². The van der Waals surface area contributed by atoms with E-state index in [-0.39, 0.29) is 41.4 Å². The van der Waals surface area contributed by atoms with Crippen molar-refractivity contribution in [3.63, 3.8) is 0 Å². The predicted molar refractivity (Wildman–Crippen MR) is 144 cm³/mol. The molecule has 2 aliphatic rings. The zero-order chi connectivity index (χ0) is 26.8. The van der Waals surface area contributed by atoms with E-state index in [1.807, 2.05) is 15.9 Å². The van der Waals surface area contributed by atoms with E-state index in [0.29, 0.717) is 55.9 Å². The zero-order valence-corrected chi connectivity index (χ0v) is 20.8. The van der Waals surface area contributed by atoms with Crippen LogP contribution in [0, 0.1) is 0 Å². The topological polar surface area (TPSA) is 208 Å². The summed E-state index contributed by atoms with van der Waals surface area (Å²) >= 11 is 0. The number of esters is 1. The van der Waals surface area contributed by atoms with Crippen LogP contribution in [0.25, 0.3) is 0 Å². The van der Waals surface area contributed by atoms with Gasteiger partial charge in [0, 0.05) is 62.1 Å². The Bertz CT molecular complexity index is 1270. The van der Waals surface area contributed by atoms with Crippen LogP contribution in [0.3, 0.4) is 0 Å². The van der Waals surface area contributed by atoms with Gasteiger partial charge in [-0.2, -0.15) is 15.0 Å². The molecule has 0 saturated carbocycles. The maximum absolute atomic E-state index is 12.5. The highest BCUT2D eigenvalue weighted by Gasteiger charge is 2.31. The normalized spacial score (nSPS) is 23.4. The van der Waals surface area contributed by atoms with Gasteiger partial charge in [-0.15, -0.1) is 0 Å². The van der Waals surface area contributed by atoms with E-state index in [0.717, 1.165) is 0 Å². The van der Waals surface area contributed by atoms with Crippen molar-refractivity contribution in [2.45, 2.75) is 30.6 Å². The Hall–Kier alpha value is -4.04. The molecule has 1 aromatic heterocycles. The molecule has 13 nitrogen and oxygen atoms in total. The Labute approximate surface area is 219 Å². The summed E-state index contributed by atoms with van der Waals surface area (Å²) in [7, 11) is 0. The number of nitrogens with two attached hydrogens (primary N) is 4. The summed E-state index contributed by atoms with van der Waals surface area (Å²) in [5, 5.41) is 13.7. The van der Waals surface area contributed by atoms with Gasteiger partial charge in [-0.3, -0.25) is 0 Å². The maximum Gasteiger partial charge on any atom is 0.347 e. The number of carbonyl (C=O) groups is 1. The quantitative estimate of drug-likeness (QED) is 0.185. The number of benzene rings is 2. The lowest BCUT2D eigenvalue weighted by Crippen LogP contribution is -2.53. The first-order chi connectivity index (χ1) is 18.2. The highest BCUT2D eigenvalue weighted by atomic mass is 16.5. The minimum atomic E-state index is -0.676. The van der Waals surface area contributed by atoms with Crippen LogP contribution in [0.1, 0.15) is 16.8 Å². The van der Waals surface area contributed by atoms with E-state index in [2.05, 4.69) is 20.3 Å². The number of anilines is 4. The smallest absolute Gasteiger partial charge is 0.347 e. The average Bonchev–Trinajstić information content (AvgIpc) is 3.22. The number of carbonyl (C=O) groups excluding carboxylic acids is 1. The first-order valence-electron chi connectivity index (χ1n) is 12.4. The molecule has 0 radical (unpaired) electrons.